The summed E-state index contributed by atoms with van der Waals surface area (Å²) in [4.78, 5) is 11.9. The van der Waals surface area contributed by atoms with Crippen molar-refractivity contribution < 1.29 is 15.0 Å². The van der Waals surface area contributed by atoms with Gasteiger partial charge in [0.2, 0.25) is 0 Å². The molecule has 2 rings (SSSR count). The van der Waals surface area contributed by atoms with Crippen LogP contribution in [0.3, 0.4) is 0 Å². The Hall–Kier alpha value is -1.26. The maximum absolute atomic E-state index is 11.9. The molecule has 1 saturated carbocycles. The molecule has 0 aromatic heterocycles. The summed E-state index contributed by atoms with van der Waals surface area (Å²) in [5.74, 6) is -0.389. The van der Waals surface area contributed by atoms with Crippen molar-refractivity contribution in [1.29, 1.82) is 0 Å². The first kappa shape index (κ1) is 13.2. The van der Waals surface area contributed by atoms with Crippen molar-refractivity contribution in [2.45, 2.75) is 31.3 Å². The molecule has 1 aromatic carbocycles. The van der Waals surface area contributed by atoms with Crippen LogP contribution in [0.2, 0.25) is 5.02 Å². The van der Waals surface area contributed by atoms with Gasteiger partial charge in [-0.1, -0.05) is 24.4 Å². The summed E-state index contributed by atoms with van der Waals surface area (Å²) in [6.07, 6.45) is 3.39. The number of rotatable bonds is 3. The van der Waals surface area contributed by atoms with Gasteiger partial charge >= 0.3 is 0 Å². The van der Waals surface area contributed by atoms with E-state index in [4.69, 9.17) is 11.6 Å². The zero-order chi connectivity index (χ0) is 13.2. The van der Waals surface area contributed by atoms with E-state index in [0.29, 0.717) is 12.8 Å². The third-order valence-electron chi connectivity index (χ3n) is 3.31. The second-order valence-corrected chi connectivity index (χ2v) is 5.19. The number of halogens is 1. The van der Waals surface area contributed by atoms with Crippen LogP contribution in [0.5, 0.6) is 5.75 Å². The Morgan fingerprint density at radius 2 is 2.06 bits per heavy atom. The second-order valence-electron chi connectivity index (χ2n) is 4.78. The first-order valence-corrected chi connectivity index (χ1v) is 6.37. The fraction of sp³-hybridized carbons (Fsp3) is 0.462. The lowest BCUT2D eigenvalue weighted by Gasteiger charge is -2.22. The summed E-state index contributed by atoms with van der Waals surface area (Å²) in [5.41, 5.74) is -0.572. The first-order chi connectivity index (χ1) is 8.50. The minimum absolute atomic E-state index is 0.0101. The highest BCUT2D eigenvalue weighted by molar-refractivity contribution is 6.33. The standard InChI is InChI=1S/C13H16ClNO3/c14-11-4-3-9(16)7-10(11)12(17)15-8-13(18)5-1-2-6-13/h3-4,7,16,18H,1-2,5-6,8H2,(H,15,17). The number of amides is 1. The number of hydrogen-bond donors (Lipinski definition) is 3. The van der Waals surface area contributed by atoms with E-state index in [2.05, 4.69) is 5.32 Å². The normalized spacial score (nSPS) is 17.7. The fourth-order valence-corrected chi connectivity index (χ4v) is 2.44. The number of aromatic hydroxyl groups is 1. The molecular formula is C13H16ClNO3. The zero-order valence-electron chi connectivity index (χ0n) is 9.95. The monoisotopic (exact) mass is 269 g/mol. The topological polar surface area (TPSA) is 69.6 Å². The summed E-state index contributed by atoms with van der Waals surface area (Å²) in [6.45, 7) is 0.220. The molecule has 0 heterocycles. The minimum Gasteiger partial charge on any atom is -0.508 e. The van der Waals surface area contributed by atoms with Gasteiger partial charge in [0.1, 0.15) is 5.75 Å². The highest BCUT2D eigenvalue weighted by Gasteiger charge is 2.31. The van der Waals surface area contributed by atoms with E-state index in [9.17, 15) is 15.0 Å². The molecular weight excluding hydrogens is 254 g/mol. The number of phenols is 1. The maximum Gasteiger partial charge on any atom is 0.253 e. The smallest absolute Gasteiger partial charge is 0.253 e. The molecule has 18 heavy (non-hydrogen) atoms. The van der Waals surface area contributed by atoms with Crippen molar-refractivity contribution in [3.63, 3.8) is 0 Å². The van der Waals surface area contributed by atoms with Crippen molar-refractivity contribution in [2.75, 3.05) is 6.54 Å². The average molecular weight is 270 g/mol. The van der Waals surface area contributed by atoms with E-state index in [1.54, 1.807) is 0 Å². The Morgan fingerprint density at radius 3 is 2.72 bits per heavy atom. The summed E-state index contributed by atoms with van der Waals surface area (Å²) in [7, 11) is 0. The Bertz CT molecular complexity index is 456. The molecule has 98 valence electrons. The second kappa shape index (κ2) is 5.16. The lowest BCUT2D eigenvalue weighted by Crippen LogP contribution is -2.40. The number of nitrogens with one attached hydrogen (secondary N) is 1. The van der Waals surface area contributed by atoms with Crippen LogP contribution in [0.4, 0.5) is 0 Å². The summed E-state index contributed by atoms with van der Waals surface area (Å²) >= 11 is 5.89. The van der Waals surface area contributed by atoms with Gasteiger partial charge < -0.3 is 15.5 Å². The van der Waals surface area contributed by atoms with Crippen molar-refractivity contribution in [3.05, 3.63) is 28.8 Å². The lowest BCUT2D eigenvalue weighted by atomic mass is 10.0. The molecule has 1 amide bonds. The molecule has 0 unspecified atom stereocenters. The molecule has 0 radical (unpaired) electrons. The molecule has 0 aliphatic heterocycles. The molecule has 1 aromatic rings. The van der Waals surface area contributed by atoms with Crippen LogP contribution in [0.25, 0.3) is 0 Å². The van der Waals surface area contributed by atoms with Gasteiger partial charge in [-0.15, -0.1) is 0 Å². The number of carbonyl (C=O) groups excluding carboxylic acids is 1. The van der Waals surface area contributed by atoms with E-state index in [0.717, 1.165) is 12.8 Å². The van der Waals surface area contributed by atoms with Crippen LogP contribution < -0.4 is 5.32 Å². The molecule has 3 N–H and O–H groups in total. The van der Waals surface area contributed by atoms with E-state index in [-0.39, 0.29) is 28.8 Å². The third-order valence-corrected chi connectivity index (χ3v) is 3.64. The molecule has 1 aliphatic rings. The van der Waals surface area contributed by atoms with E-state index in [1.165, 1.54) is 18.2 Å². The number of hydrogen-bond acceptors (Lipinski definition) is 3. The van der Waals surface area contributed by atoms with Crippen LogP contribution in [0.1, 0.15) is 36.0 Å². The van der Waals surface area contributed by atoms with E-state index in [1.807, 2.05) is 0 Å². The minimum atomic E-state index is -0.793. The highest BCUT2D eigenvalue weighted by atomic mass is 35.5. The molecule has 1 fully saturated rings. The average Bonchev–Trinajstić information content (AvgIpc) is 2.77. The predicted octanol–water partition coefficient (Wildman–Crippen LogP) is 2.08. The van der Waals surface area contributed by atoms with Gasteiger partial charge in [-0.25, -0.2) is 0 Å². The SMILES string of the molecule is O=C(NCC1(O)CCCC1)c1cc(O)ccc1Cl. The third kappa shape index (κ3) is 2.94. The molecule has 0 saturated heterocycles. The van der Waals surface area contributed by atoms with Crippen molar-refractivity contribution in [1.82, 2.24) is 5.32 Å². The molecule has 0 atom stereocenters. The van der Waals surface area contributed by atoms with Gasteiger partial charge in [0.25, 0.3) is 5.91 Å². The molecule has 0 bridgehead atoms. The van der Waals surface area contributed by atoms with Crippen LogP contribution in [0.15, 0.2) is 18.2 Å². The number of carbonyl (C=O) groups is 1. The highest BCUT2D eigenvalue weighted by Crippen LogP contribution is 2.29. The lowest BCUT2D eigenvalue weighted by molar-refractivity contribution is 0.0449. The van der Waals surface area contributed by atoms with Crippen LogP contribution >= 0.6 is 11.6 Å². The Balaban J connectivity index is 2.01. The van der Waals surface area contributed by atoms with Gasteiger partial charge in [0.05, 0.1) is 16.2 Å². The predicted molar refractivity (Wildman–Crippen MR) is 68.9 cm³/mol. The Morgan fingerprint density at radius 1 is 1.39 bits per heavy atom. The van der Waals surface area contributed by atoms with E-state index >= 15 is 0 Å². The Labute approximate surface area is 111 Å². The zero-order valence-corrected chi connectivity index (χ0v) is 10.7. The summed E-state index contributed by atoms with van der Waals surface area (Å²) in [5, 5.41) is 22.4. The van der Waals surface area contributed by atoms with Crippen molar-refractivity contribution >= 4 is 17.5 Å². The van der Waals surface area contributed by atoms with Crippen molar-refractivity contribution in [3.8, 4) is 5.75 Å². The largest absolute Gasteiger partial charge is 0.508 e. The quantitative estimate of drug-likeness (QED) is 0.787. The first-order valence-electron chi connectivity index (χ1n) is 5.99. The molecule has 5 heteroatoms. The van der Waals surface area contributed by atoms with Gasteiger partial charge in [0.15, 0.2) is 0 Å². The maximum atomic E-state index is 11.9. The van der Waals surface area contributed by atoms with Crippen LogP contribution in [-0.4, -0.2) is 28.3 Å². The number of benzene rings is 1. The molecule has 1 aliphatic carbocycles. The summed E-state index contributed by atoms with van der Waals surface area (Å²) in [6, 6.07) is 4.20. The number of phenolic OH excluding ortho intramolecular Hbond substituents is 1. The van der Waals surface area contributed by atoms with E-state index < -0.39 is 5.60 Å². The molecule has 0 spiro atoms. The van der Waals surface area contributed by atoms with Crippen LogP contribution in [-0.2, 0) is 0 Å². The molecule has 4 nitrogen and oxygen atoms in total. The van der Waals surface area contributed by atoms with Gasteiger partial charge in [-0.2, -0.15) is 0 Å². The van der Waals surface area contributed by atoms with Crippen LogP contribution in [0, 0.1) is 0 Å². The van der Waals surface area contributed by atoms with Gasteiger partial charge in [-0.05, 0) is 31.0 Å². The van der Waals surface area contributed by atoms with Gasteiger partial charge in [-0.3, -0.25) is 4.79 Å². The Kier molecular flexibility index (Phi) is 3.78. The fourth-order valence-electron chi connectivity index (χ4n) is 2.24. The summed E-state index contributed by atoms with van der Waals surface area (Å²) < 4.78 is 0. The van der Waals surface area contributed by atoms with Gasteiger partial charge in [0, 0.05) is 6.54 Å². The van der Waals surface area contributed by atoms with Crippen molar-refractivity contribution in [2.24, 2.45) is 0 Å². The number of aliphatic hydroxyl groups is 1.